The standard InChI is InChI=1S/C9H5ClN.Tm/c10-9-3-1-2-7-4-5-11-6-8(7)9;/h1-4,6H;/q-1;. The van der Waals surface area contributed by atoms with E-state index >= 15 is 0 Å². The third-order valence-corrected chi connectivity index (χ3v) is 1.90. The maximum absolute atomic E-state index is 5.90. The average molecular weight is 332 g/mol. The van der Waals surface area contributed by atoms with E-state index < -0.39 is 0 Å². The van der Waals surface area contributed by atoms with Gasteiger partial charge in [0, 0.05) is 41.9 Å². The number of nitrogens with zero attached hydrogens (tertiary/aromatic N) is 1. The van der Waals surface area contributed by atoms with Gasteiger partial charge in [0.25, 0.3) is 0 Å². The molecule has 2 aromatic rings. The van der Waals surface area contributed by atoms with E-state index in [9.17, 15) is 0 Å². The van der Waals surface area contributed by atoms with Crippen LogP contribution >= 0.6 is 11.6 Å². The van der Waals surface area contributed by atoms with Gasteiger partial charge in [-0.2, -0.15) is 6.07 Å². The Morgan fingerprint density at radius 1 is 1.33 bits per heavy atom. The number of hydrogen-bond donors (Lipinski definition) is 0. The van der Waals surface area contributed by atoms with Crippen molar-refractivity contribution in [3.8, 4) is 0 Å². The maximum Gasteiger partial charge on any atom is 0.0256 e. The van der Waals surface area contributed by atoms with Gasteiger partial charge >= 0.3 is 0 Å². The Morgan fingerprint density at radius 2 is 2.17 bits per heavy atom. The van der Waals surface area contributed by atoms with Gasteiger partial charge in [0.2, 0.25) is 0 Å². The van der Waals surface area contributed by atoms with E-state index in [-0.39, 0.29) is 36.9 Å². The molecule has 2 rings (SSSR count). The van der Waals surface area contributed by atoms with E-state index in [2.05, 4.69) is 11.2 Å². The molecule has 0 amide bonds. The first-order valence-electron chi connectivity index (χ1n) is 3.28. The number of halogens is 1. The second-order valence-electron chi connectivity index (χ2n) is 2.27. The predicted molar refractivity (Wildman–Crippen MR) is 45.6 cm³/mol. The third-order valence-electron chi connectivity index (χ3n) is 1.57. The van der Waals surface area contributed by atoms with E-state index in [1.54, 1.807) is 6.20 Å². The summed E-state index contributed by atoms with van der Waals surface area (Å²) < 4.78 is 0. The van der Waals surface area contributed by atoms with E-state index in [1.807, 2.05) is 24.3 Å². The zero-order chi connectivity index (χ0) is 7.68. The molecular weight excluding hydrogens is 326 g/mol. The molecule has 0 N–H and O–H groups in total. The Hall–Kier alpha value is 0.154. The molecule has 12 heavy (non-hydrogen) atoms. The van der Waals surface area contributed by atoms with Gasteiger partial charge in [-0.05, 0) is 6.07 Å². The van der Waals surface area contributed by atoms with Crippen molar-refractivity contribution in [3.05, 3.63) is 41.7 Å². The molecule has 1 radical (unpaired) electrons. The van der Waals surface area contributed by atoms with Gasteiger partial charge < -0.3 is 4.98 Å². The van der Waals surface area contributed by atoms with Gasteiger partial charge in [0.15, 0.2) is 0 Å². The van der Waals surface area contributed by atoms with Crippen LogP contribution in [0.5, 0.6) is 0 Å². The number of benzene rings is 1. The van der Waals surface area contributed by atoms with Crippen molar-refractivity contribution in [2.45, 2.75) is 0 Å². The Morgan fingerprint density at radius 3 is 2.92 bits per heavy atom. The summed E-state index contributed by atoms with van der Waals surface area (Å²) in [6.45, 7) is 0. The minimum atomic E-state index is 0. The van der Waals surface area contributed by atoms with Crippen molar-refractivity contribution < 1.29 is 36.9 Å². The molecular formula is C9H5ClNTm-. The molecule has 3 heteroatoms. The molecule has 0 spiro atoms. The second-order valence-corrected chi connectivity index (χ2v) is 2.68. The summed E-state index contributed by atoms with van der Waals surface area (Å²) in [6, 6.07) is 7.57. The van der Waals surface area contributed by atoms with E-state index in [1.165, 1.54) is 0 Å². The van der Waals surface area contributed by atoms with Crippen LogP contribution in [0.1, 0.15) is 0 Å². The van der Waals surface area contributed by atoms with Crippen LogP contribution in [0, 0.1) is 43.1 Å². The van der Waals surface area contributed by atoms with Crippen molar-refractivity contribution in [2.24, 2.45) is 0 Å². The molecule has 0 atom stereocenters. The molecule has 67 valence electrons. The van der Waals surface area contributed by atoms with Crippen LogP contribution in [0.4, 0.5) is 0 Å². The Bertz CT molecular complexity index is 384. The molecule has 0 unspecified atom stereocenters. The molecule has 1 heterocycles. The van der Waals surface area contributed by atoms with Crippen molar-refractivity contribution >= 4 is 22.4 Å². The van der Waals surface area contributed by atoms with Crippen LogP contribution in [-0.4, -0.2) is 4.98 Å². The van der Waals surface area contributed by atoms with Gasteiger partial charge in [-0.1, -0.05) is 35.4 Å². The normalized spacial score (nSPS) is 9.42. The quantitative estimate of drug-likeness (QED) is 0.677. The largest absolute Gasteiger partial charge is 0.394 e. The van der Waals surface area contributed by atoms with Crippen LogP contribution in [0.2, 0.25) is 5.02 Å². The van der Waals surface area contributed by atoms with Crippen LogP contribution in [0.15, 0.2) is 30.5 Å². The fourth-order valence-electron chi connectivity index (χ4n) is 1.02. The summed E-state index contributed by atoms with van der Waals surface area (Å²) in [5, 5.41) is 2.80. The van der Waals surface area contributed by atoms with Crippen LogP contribution in [-0.2, 0) is 0 Å². The molecule has 1 aromatic heterocycles. The first kappa shape index (κ1) is 10.2. The van der Waals surface area contributed by atoms with E-state index in [0.717, 1.165) is 15.8 Å². The molecule has 1 aromatic carbocycles. The van der Waals surface area contributed by atoms with Crippen molar-refractivity contribution in [1.82, 2.24) is 4.98 Å². The smallest absolute Gasteiger partial charge is 0.0256 e. The zero-order valence-corrected chi connectivity index (χ0v) is 8.52. The molecule has 0 bridgehead atoms. The number of hydrogen-bond acceptors (Lipinski definition) is 1. The molecule has 0 saturated heterocycles. The Kier molecular flexibility index (Phi) is 3.76. The fraction of sp³-hybridized carbons (Fsp3) is 0. The fourth-order valence-corrected chi connectivity index (χ4v) is 1.26. The van der Waals surface area contributed by atoms with Gasteiger partial charge in [0.05, 0.1) is 0 Å². The molecule has 0 aliphatic heterocycles. The van der Waals surface area contributed by atoms with Crippen molar-refractivity contribution in [2.75, 3.05) is 0 Å². The molecule has 0 fully saturated rings. The monoisotopic (exact) mass is 331 g/mol. The van der Waals surface area contributed by atoms with E-state index in [0.29, 0.717) is 0 Å². The van der Waals surface area contributed by atoms with E-state index in [4.69, 9.17) is 11.6 Å². The van der Waals surface area contributed by atoms with Crippen molar-refractivity contribution in [1.29, 1.82) is 0 Å². The summed E-state index contributed by atoms with van der Waals surface area (Å²) in [6.07, 6.45) is 4.47. The van der Waals surface area contributed by atoms with Gasteiger partial charge in [-0.25, -0.2) is 0 Å². The summed E-state index contributed by atoms with van der Waals surface area (Å²) in [5.74, 6) is 0. The molecule has 0 aliphatic carbocycles. The Labute approximate surface area is 105 Å². The molecule has 1 nitrogen and oxygen atoms in total. The summed E-state index contributed by atoms with van der Waals surface area (Å²) in [4.78, 5) is 3.86. The minimum absolute atomic E-state index is 0. The minimum Gasteiger partial charge on any atom is -0.394 e. The summed E-state index contributed by atoms with van der Waals surface area (Å²) in [7, 11) is 0. The Balaban J connectivity index is 0.000000720. The zero-order valence-electron chi connectivity index (χ0n) is 5.99. The van der Waals surface area contributed by atoms with Gasteiger partial charge in [-0.3, -0.25) is 0 Å². The number of rotatable bonds is 0. The SMILES string of the molecule is Clc1cccc2c[c-]ncc12.[Tm]. The van der Waals surface area contributed by atoms with Crippen LogP contribution in [0.25, 0.3) is 10.8 Å². The number of pyridine rings is 1. The first-order valence-corrected chi connectivity index (χ1v) is 3.66. The molecule has 0 saturated carbocycles. The summed E-state index contributed by atoms with van der Waals surface area (Å²) in [5.41, 5.74) is 0. The molecule has 0 aliphatic rings. The summed E-state index contributed by atoms with van der Waals surface area (Å²) >= 11 is 5.90. The topological polar surface area (TPSA) is 12.9 Å². The predicted octanol–water partition coefficient (Wildman–Crippen LogP) is 2.69. The third kappa shape index (κ3) is 1.90. The second kappa shape index (κ2) is 4.41. The van der Waals surface area contributed by atoms with Gasteiger partial charge in [-0.15, -0.1) is 11.5 Å². The number of aromatic nitrogens is 1. The van der Waals surface area contributed by atoms with Crippen LogP contribution in [0.3, 0.4) is 0 Å². The average Bonchev–Trinajstić information content (AvgIpc) is 2.06. The first-order chi connectivity index (χ1) is 5.38. The maximum atomic E-state index is 5.90. The van der Waals surface area contributed by atoms with Gasteiger partial charge in [0.1, 0.15) is 0 Å². The number of fused-ring (bicyclic) bond motifs is 1. The van der Waals surface area contributed by atoms with Crippen LogP contribution < -0.4 is 0 Å². The van der Waals surface area contributed by atoms with Crippen molar-refractivity contribution in [3.63, 3.8) is 0 Å².